The average molecular weight is 477 g/mol. The third-order valence-corrected chi connectivity index (χ3v) is 7.37. The largest absolute Gasteiger partial charge is 0.496 e. The molecule has 0 atom stereocenters. The van der Waals surface area contributed by atoms with E-state index in [0.717, 1.165) is 5.56 Å². The van der Waals surface area contributed by atoms with Gasteiger partial charge in [-0.2, -0.15) is 0 Å². The number of carbonyl (C=O) groups is 1. The van der Waals surface area contributed by atoms with Gasteiger partial charge in [-0.3, -0.25) is 9.10 Å². The second kappa shape index (κ2) is 8.60. The lowest BCUT2D eigenvalue weighted by atomic mass is 10.1. The SMILES string of the molecule is COc1ccc(S(=O)(=O)N2CCc3ccccc32)cc1C(=O)Nc1cccc(-n2cnnn2)c1. The Labute approximate surface area is 195 Å². The third-order valence-electron chi connectivity index (χ3n) is 5.57. The molecule has 0 saturated heterocycles. The topological polar surface area (TPSA) is 119 Å². The number of amides is 1. The Balaban J connectivity index is 1.46. The van der Waals surface area contributed by atoms with Crippen LogP contribution in [0, 0.1) is 0 Å². The van der Waals surface area contributed by atoms with E-state index in [9.17, 15) is 13.2 Å². The number of ether oxygens (including phenoxy) is 1. The molecule has 4 aromatic rings. The molecular formula is C23H20N6O4S. The van der Waals surface area contributed by atoms with Gasteiger partial charge in [0.25, 0.3) is 15.9 Å². The fourth-order valence-corrected chi connectivity index (χ4v) is 5.44. The number of nitrogens with one attached hydrogen (secondary N) is 1. The van der Waals surface area contributed by atoms with Crippen LogP contribution in [0.5, 0.6) is 5.75 Å². The van der Waals surface area contributed by atoms with E-state index in [0.29, 0.717) is 30.0 Å². The summed E-state index contributed by atoms with van der Waals surface area (Å²) in [5.74, 6) is -0.250. The Hall–Kier alpha value is -4.25. The summed E-state index contributed by atoms with van der Waals surface area (Å²) in [6.45, 7) is 0.346. The molecule has 1 aromatic heterocycles. The Morgan fingerprint density at radius 1 is 1.06 bits per heavy atom. The number of carbonyl (C=O) groups excluding carboxylic acids is 1. The highest BCUT2D eigenvalue weighted by Crippen LogP contribution is 2.34. The highest BCUT2D eigenvalue weighted by Gasteiger charge is 2.31. The molecule has 10 nitrogen and oxygen atoms in total. The molecule has 1 N–H and O–H groups in total. The monoisotopic (exact) mass is 476 g/mol. The number of benzene rings is 3. The van der Waals surface area contributed by atoms with Gasteiger partial charge >= 0.3 is 0 Å². The van der Waals surface area contributed by atoms with Gasteiger partial charge in [-0.15, -0.1) is 5.10 Å². The lowest BCUT2D eigenvalue weighted by molar-refractivity contribution is 0.102. The maximum absolute atomic E-state index is 13.4. The molecule has 5 rings (SSSR count). The van der Waals surface area contributed by atoms with E-state index in [2.05, 4.69) is 20.8 Å². The molecule has 0 fully saturated rings. The van der Waals surface area contributed by atoms with Gasteiger partial charge in [-0.25, -0.2) is 13.1 Å². The Morgan fingerprint density at radius 2 is 1.91 bits per heavy atom. The van der Waals surface area contributed by atoms with E-state index in [1.54, 1.807) is 30.3 Å². The summed E-state index contributed by atoms with van der Waals surface area (Å²) in [5.41, 5.74) is 2.87. The number of hydrogen-bond acceptors (Lipinski definition) is 7. The molecule has 3 aromatic carbocycles. The molecule has 0 bridgehead atoms. The number of nitrogens with zero attached hydrogens (tertiary/aromatic N) is 5. The Bertz CT molecular complexity index is 1470. The first kappa shape index (κ1) is 21.6. The van der Waals surface area contributed by atoms with Gasteiger partial charge in [0, 0.05) is 12.2 Å². The average Bonchev–Trinajstić information content (AvgIpc) is 3.54. The van der Waals surface area contributed by atoms with Crippen molar-refractivity contribution in [2.24, 2.45) is 0 Å². The predicted molar refractivity (Wildman–Crippen MR) is 125 cm³/mol. The molecule has 1 amide bonds. The molecule has 1 aliphatic heterocycles. The predicted octanol–water partition coefficient (Wildman–Crippen LogP) is 2.67. The molecule has 11 heteroatoms. The van der Waals surface area contributed by atoms with Crippen LogP contribution in [0.15, 0.2) is 78.0 Å². The quantitative estimate of drug-likeness (QED) is 0.454. The molecule has 172 valence electrons. The second-order valence-corrected chi connectivity index (χ2v) is 9.44. The molecule has 0 radical (unpaired) electrons. The van der Waals surface area contributed by atoms with Crippen LogP contribution in [-0.2, 0) is 16.4 Å². The number of para-hydroxylation sites is 1. The van der Waals surface area contributed by atoms with Gasteiger partial charge < -0.3 is 10.1 Å². The number of fused-ring (bicyclic) bond motifs is 1. The summed E-state index contributed by atoms with van der Waals surface area (Å²) in [4.78, 5) is 13.2. The normalized spacial score (nSPS) is 12.9. The van der Waals surface area contributed by atoms with Gasteiger partial charge in [0.1, 0.15) is 12.1 Å². The molecule has 2 heterocycles. The number of anilines is 2. The molecule has 34 heavy (non-hydrogen) atoms. The van der Waals surface area contributed by atoms with E-state index in [1.165, 1.54) is 40.6 Å². The number of sulfonamides is 1. The fourth-order valence-electron chi connectivity index (χ4n) is 3.91. The summed E-state index contributed by atoms with van der Waals surface area (Å²) >= 11 is 0. The van der Waals surface area contributed by atoms with Gasteiger partial charge in [0.05, 0.1) is 28.9 Å². The molecule has 0 spiro atoms. The molecule has 0 aliphatic carbocycles. The zero-order valence-corrected chi connectivity index (χ0v) is 18.9. The van der Waals surface area contributed by atoms with Crippen molar-refractivity contribution in [3.05, 3.63) is 84.2 Å². The summed E-state index contributed by atoms with van der Waals surface area (Å²) in [6.07, 6.45) is 2.07. The van der Waals surface area contributed by atoms with Crippen LogP contribution >= 0.6 is 0 Å². The first-order valence-corrected chi connectivity index (χ1v) is 11.8. The summed E-state index contributed by atoms with van der Waals surface area (Å²) in [6, 6.07) is 18.6. The van der Waals surface area contributed by atoms with E-state index in [-0.39, 0.29) is 16.2 Å². The van der Waals surface area contributed by atoms with Crippen LogP contribution in [0.3, 0.4) is 0 Å². The minimum Gasteiger partial charge on any atom is -0.496 e. The lowest BCUT2D eigenvalue weighted by Crippen LogP contribution is -2.29. The van der Waals surface area contributed by atoms with Gasteiger partial charge in [-0.1, -0.05) is 24.3 Å². The summed E-state index contributed by atoms with van der Waals surface area (Å²) in [7, 11) is -2.44. The van der Waals surface area contributed by atoms with Crippen molar-refractivity contribution in [3.8, 4) is 11.4 Å². The van der Waals surface area contributed by atoms with Crippen LogP contribution in [0.1, 0.15) is 15.9 Å². The highest BCUT2D eigenvalue weighted by molar-refractivity contribution is 7.92. The lowest BCUT2D eigenvalue weighted by Gasteiger charge is -2.20. The maximum Gasteiger partial charge on any atom is 0.264 e. The molecule has 0 saturated carbocycles. The van der Waals surface area contributed by atoms with E-state index in [1.807, 2.05) is 18.2 Å². The van der Waals surface area contributed by atoms with Crippen LogP contribution in [-0.4, -0.2) is 48.2 Å². The van der Waals surface area contributed by atoms with Crippen molar-refractivity contribution in [1.82, 2.24) is 20.2 Å². The van der Waals surface area contributed by atoms with Crippen molar-refractivity contribution in [2.45, 2.75) is 11.3 Å². The number of rotatable bonds is 6. The van der Waals surface area contributed by atoms with E-state index in [4.69, 9.17) is 4.74 Å². The third kappa shape index (κ3) is 3.86. The first-order chi connectivity index (χ1) is 16.5. The summed E-state index contributed by atoms with van der Waals surface area (Å²) in [5, 5.41) is 13.8. The highest BCUT2D eigenvalue weighted by atomic mass is 32.2. The van der Waals surface area contributed by atoms with Gasteiger partial charge in [-0.05, 0) is 64.9 Å². The van der Waals surface area contributed by atoms with Crippen molar-refractivity contribution in [2.75, 3.05) is 23.3 Å². The number of methoxy groups -OCH3 is 1. The van der Waals surface area contributed by atoms with Gasteiger partial charge in [0.15, 0.2) is 0 Å². The maximum atomic E-state index is 13.4. The minimum atomic E-state index is -3.87. The molecule has 1 aliphatic rings. The number of aromatic nitrogens is 4. The van der Waals surface area contributed by atoms with Crippen molar-refractivity contribution in [3.63, 3.8) is 0 Å². The number of hydrogen-bond donors (Lipinski definition) is 1. The zero-order valence-electron chi connectivity index (χ0n) is 18.1. The second-order valence-electron chi connectivity index (χ2n) is 7.58. The van der Waals surface area contributed by atoms with Crippen molar-refractivity contribution < 1.29 is 17.9 Å². The standard InChI is InChI=1S/C23H20N6O4S/c1-33-22-10-9-19(34(31,32)29-12-11-16-5-2-3-8-21(16)29)14-20(22)23(30)25-17-6-4-7-18(13-17)28-15-24-26-27-28/h2-10,13-15H,11-12H2,1H3,(H,25,30). The Kier molecular flexibility index (Phi) is 5.46. The van der Waals surface area contributed by atoms with E-state index < -0.39 is 15.9 Å². The molecule has 0 unspecified atom stereocenters. The smallest absolute Gasteiger partial charge is 0.264 e. The van der Waals surface area contributed by atoms with Crippen LogP contribution in [0.25, 0.3) is 5.69 Å². The van der Waals surface area contributed by atoms with Gasteiger partial charge in [0.2, 0.25) is 0 Å². The number of tetrazole rings is 1. The Morgan fingerprint density at radius 3 is 2.71 bits per heavy atom. The van der Waals surface area contributed by atoms with Crippen molar-refractivity contribution in [1.29, 1.82) is 0 Å². The fraction of sp³-hybridized carbons (Fsp3) is 0.130. The zero-order chi connectivity index (χ0) is 23.7. The van der Waals surface area contributed by atoms with Crippen LogP contribution in [0.2, 0.25) is 0 Å². The van der Waals surface area contributed by atoms with E-state index >= 15 is 0 Å². The summed E-state index contributed by atoms with van der Waals surface area (Å²) < 4.78 is 35.0. The van der Waals surface area contributed by atoms with Crippen LogP contribution < -0.4 is 14.4 Å². The van der Waals surface area contributed by atoms with Crippen LogP contribution in [0.4, 0.5) is 11.4 Å². The molecular weight excluding hydrogens is 456 g/mol. The first-order valence-electron chi connectivity index (χ1n) is 10.4. The van der Waals surface area contributed by atoms with Crippen molar-refractivity contribution >= 4 is 27.3 Å². The minimum absolute atomic E-state index is 0.0117.